The van der Waals surface area contributed by atoms with Gasteiger partial charge in [-0.25, -0.2) is 19.6 Å². The summed E-state index contributed by atoms with van der Waals surface area (Å²) in [7, 11) is 2.73. The zero-order valence-corrected chi connectivity index (χ0v) is 33.9. The predicted octanol–water partition coefficient (Wildman–Crippen LogP) is 7.63. The molecule has 304 valence electrons. The van der Waals surface area contributed by atoms with Crippen LogP contribution in [0.4, 0.5) is 9.59 Å². The van der Waals surface area contributed by atoms with Crippen molar-refractivity contribution in [1.82, 2.24) is 40.0 Å². The molecule has 0 aliphatic carbocycles. The third kappa shape index (κ3) is 8.00. The zero-order chi connectivity index (χ0) is 41.2. The van der Waals surface area contributed by atoms with Crippen LogP contribution in [0.3, 0.4) is 0 Å². The second-order valence-electron chi connectivity index (χ2n) is 15.8. The molecule has 14 heteroatoms. The van der Waals surface area contributed by atoms with Crippen molar-refractivity contribution in [3.63, 3.8) is 0 Å². The molecule has 4 N–H and O–H groups in total. The number of carbonyl (C=O) groups excluding carboxylic acids is 3. The first-order valence-corrected chi connectivity index (χ1v) is 20.0. The minimum Gasteiger partial charge on any atom is -0.465 e. The minimum absolute atomic E-state index is 0.141. The zero-order valence-electron chi connectivity index (χ0n) is 33.9. The highest BCUT2D eigenvalue weighted by atomic mass is 16.5. The molecule has 7 rings (SSSR count). The fourth-order valence-electron chi connectivity index (χ4n) is 8.52. The molecular weight excluding hydrogens is 737 g/mol. The Hall–Kier alpha value is -6.18. The SMILES string of the molecule is CC[C@H](NC(=O)OC)C(=O)N1CC(C)CC1c1ncc(-c2ccc3cc(-c4ccc(-c5cnc([C@@H]6C[C@H](C)CN6C(=O)[C@H](CC)N(C)C(=O)O)[nH]5)cc4)ccc3c2)[nH]1. The Kier molecular flexibility index (Phi) is 11.6. The number of carbonyl (C=O) groups is 4. The van der Waals surface area contributed by atoms with Crippen LogP contribution in [0.25, 0.3) is 44.4 Å². The van der Waals surface area contributed by atoms with E-state index in [4.69, 9.17) is 9.72 Å². The van der Waals surface area contributed by atoms with Crippen molar-refractivity contribution < 1.29 is 29.0 Å². The molecule has 5 aromatic rings. The fraction of sp³-hybridized carbons (Fsp3) is 0.409. The quantitative estimate of drug-likeness (QED) is 0.106. The van der Waals surface area contributed by atoms with E-state index in [0.29, 0.717) is 31.8 Å². The monoisotopic (exact) mass is 788 g/mol. The maximum Gasteiger partial charge on any atom is 0.407 e. The van der Waals surface area contributed by atoms with Gasteiger partial charge in [-0.2, -0.15) is 0 Å². The molecule has 2 aliphatic heterocycles. The molecule has 4 heterocycles. The summed E-state index contributed by atoms with van der Waals surface area (Å²) in [4.78, 5) is 71.7. The minimum atomic E-state index is -1.12. The van der Waals surface area contributed by atoms with Crippen molar-refractivity contribution in [3.8, 4) is 33.6 Å². The van der Waals surface area contributed by atoms with E-state index in [1.165, 1.54) is 14.2 Å². The first-order valence-electron chi connectivity index (χ1n) is 20.0. The highest BCUT2D eigenvalue weighted by molar-refractivity contribution is 5.91. The maximum absolute atomic E-state index is 13.6. The number of rotatable bonds is 11. The van der Waals surface area contributed by atoms with Crippen molar-refractivity contribution in [2.45, 2.75) is 77.5 Å². The van der Waals surface area contributed by atoms with Crippen molar-refractivity contribution >= 4 is 34.8 Å². The Morgan fingerprint density at radius 1 is 0.776 bits per heavy atom. The van der Waals surface area contributed by atoms with Crippen LogP contribution in [0.15, 0.2) is 73.1 Å². The summed E-state index contributed by atoms with van der Waals surface area (Å²) in [5.41, 5.74) is 5.82. The number of methoxy groups -OCH3 is 1. The lowest BCUT2D eigenvalue weighted by Gasteiger charge is -2.31. The Balaban J connectivity index is 1.04. The summed E-state index contributed by atoms with van der Waals surface area (Å²) in [6.45, 7) is 9.04. The number of H-pyrrole nitrogens is 2. The van der Waals surface area contributed by atoms with E-state index >= 15 is 0 Å². The molecule has 6 atom stereocenters. The van der Waals surface area contributed by atoms with Crippen molar-refractivity contribution in [3.05, 3.63) is 84.7 Å². The van der Waals surface area contributed by atoms with Crippen molar-refractivity contribution in [1.29, 1.82) is 0 Å². The molecule has 14 nitrogen and oxygen atoms in total. The van der Waals surface area contributed by atoms with Gasteiger partial charge in [0, 0.05) is 25.7 Å². The second kappa shape index (κ2) is 16.7. The lowest BCUT2D eigenvalue weighted by molar-refractivity contribution is -0.137. The number of carboxylic acid groups (broad SMARTS) is 1. The second-order valence-corrected chi connectivity index (χ2v) is 15.8. The lowest BCUT2D eigenvalue weighted by Crippen LogP contribution is -2.48. The summed E-state index contributed by atoms with van der Waals surface area (Å²) >= 11 is 0. The summed E-state index contributed by atoms with van der Waals surface area (Å²) in [6, 6.07) is 19.1. The number of hydrogen-bond donors (Lipinski definition) is 4. The number of aromatic amines is 2. The largest absolute Gasteiger partial charge is 0.465 e. The topological polar surface area (TPSA) is 177 Å². The van der Waals surface area contributed by atoms with Crippen LogP contribution in [0, 0.1) is 11.8 Å². The highest BCUT2D eigenvalue weighted by Crippen LogP contribution is 2.38. The van der Waals surface area contributed by atoms with Crippen LogP contribution in [-0.2, 0) is 14.3 Å². The van der Waals surface area contributed by atoms with Gasteiger partial charge in [-0.3, -0.25) is 14.5 Å². The van der Waals surface area contributed by atoms with Gasteiger partial charge in [-0.05, 0) is 77.1 Å². The Morgan fingerprint density at radius 3 is 1.81 bits per heavy atom. The van der Waals surface area contributed by atoms with E-state index in [0.717, 1.165) is 68.0 Å². The molecular formula is C44H52N8O6. The van der Waals surface area contributed by atoms with E-state index in [1.807, 2.05) is 24.9 Å². The van der Waals surface area contributed by atoms with E-state index < -0.39 is 24.3 Å². The van der Waals surface area contributed by atoms with Gasteiger partial charge < -0.3 is 34.9 Å². The van der Waals surface area contributed by atoms with Gasteiger partial charge >= 0.3 is 12.2 Å². The molecule has 2 fully saturated rings. The molecule has 0 radical (unpaired) electrons. The van der Waals surface area contributed by atoms with Crippen LogP contribution in [0.5, 0.6) is 0 Å². The average Bonchev–Trinajstić information content (AvgIpc) is 4.06. The number of nitrogens with one attached hydrogen (secondary N) is 3. The predicted molar refractivity (Wildman–Crippen MR) is 221 cm³/mol. The summed E-state index contributed by atoms with van der Waals surface area (Å²) < 4.78 is 4.74. The Labute approximate surface area is 338 Å². The van der Waals surface area contributed by atoms with Gasteiger partial charge in [0.2, 0.25) is 11.8 Å². The van der Waals surface area contributed by atoms with Crippen LogP contribution in [-0.4, -0.2) is 103 Å². The number of aromatic nitrogens is 4. The standard InChI is InChI=1S/C44H52N8O6/c1-7-33(49-43(55)58-6)41(53)51-23-25(3)17-37(51)39-46-22-35(48-39)32-16-15-30-19-29(13-14-31(30)20-32)27-9-11-28(12-10-27)34-21-45-40(47-34)38-18-26(4)24-52(38)42(54)36(8-2)50(5)44(56)57/h9-16,19-22,25-26,33,36-38H,7-8,17-18,23-24H2,1-6H3,(H,45,47)(H,46,48)(H,49,55)(H,56,57)/t25?,26-,33-,36-,37?,38-/m0/s1. The first-order chi connectivity index (χ1) is 27.9. The molecule has 0 saturated carbocycles. The number of amides is 4. The normalized spacial score (nSPS) is 20.2. The maximum atomic E-state index is 13.6. The van der Waals surface area contributed by atoms with Crippen molar-refractivity contribution in [2.24, 2.45) is 11.8 Å². The molecule has 2 unspecified atom stereocenters. The molecule has 0 spiro atoms. The third-order valence-electron chi connectivity index (χ3n) is 11.7. The summed E-state index contributed by atoms with van der Waals surface area (Å²) in [5, 5.41) is 14.4. The smallest absolute Gasteiger partial charge is 0.407 e. The van der Waals surface area contributed by atoms with Crippen molar-refractivity contribution in [2.75, 3.05) is 27.2 Å². The highest BCUT2D eigenvalue weighted by Gasteiger charge is 2.41. The summed E-state index contributed by atoms with van der Waals surface area (Å²) in [5.74, 6) is 1.63. The number of ether oxygens (including phenoxy) is 1. The van der Waals surface area contributed by atoms with Gasteiger partial charge in [-0.1, -0.05) is 76.2 Å². The number of alkyl carbamates (subject to hydrolysis) is 1. The van der Waals surface area contributed by atoms with E-state index in [2.05, 4.69) is 94.8 Å². The number of fused-ring (bicyclic) bond motifs is 1. The number of benzene rings is 3. The van der Waals surface area contributed by atoms with E-state index in [-0.39, 0.29) is 35.7 Å². The molecule has 3 aromatic carbocycles. The van der Waals surface area contributed by atoms with Crippen LogP contribution in [0.2, 0.25) is 0 Å². The van der Waals surface area contributed by atoms with E-state index in [9.17, 15) is 24.3 Å². The number of likely N-dealkylation sites (N-methyl/N-ethyl adjacent to an activating group) is 1. The van der Waals surface area contributed by atoms with Crippen LogP contribution < -0.4 is 5.32 Å². The third-order valence-corrected chi connectivity index (χ3v) is 11.7. The Bertz CT molecular complexity index is 2300. The molecule has 2 aliphatic rings. The molecule has 0 bridgehead atoms. The molecule has 2 aromatic heterocycles. The molecule has 4 amide bonds. The van der Waals surface area contributed by atoms with Gasteiger partial charge in [0.15, 0.2) is 0 Å². The molecule has 2 saturated heterocycles. The average molecular weight is 789 g/mol. The van der Waals surface area contributed by atoms with E-state index in [1.54, 1.807) is 11.1 Å². The lowest BCUT2D eigenvalue weighted by atomic mass is 9.98. The number of imidazole rings is 2. The molecule has 58 heavy (non-hydrogen) atoms. The number of likely N-dealkylation sites (tertiary alicyclic amines) is 2. The fourth-order valence-corrected chi connectivity index (χ4v) is 8.52. The number of nitrogens with zero attached hydrogens (tertiary/aromatic N) is 5. The first kappa shape index (κ1) is 40.0. The van der Waals surface area contributed by atoms with Gasteiger partial charge in [0.05, 0.1) is 43.0 Å². The summed E-state index contributed by atoms with van der Waals surface area (Å²) in [6.07, 6.45) is 4.23. The van der Waals surface area contributed by atoms with Gasteiger partial charge in [0.25, 0.3) is 0 Å². The number of hydrogen-bond acceptors (Lipinski definition) is 7. The van der Waals surface area contributed by atoms with Crippen LogP contribution >= 0.6 is 0 Å². The Morgan fingerprint density at radius 2 is 1.28 bits per heavy atom. The van der Waals surface area contributed by atoms with Gasteiger partial charge in [0.1, 0.15) is 23.7 Å². The van der Waals surface area contributed by atoms with Gasteiger partial charge in [-0.15, -0.1) is 0 Å². The van der Waals surface area contributed by atoms with Crippen LogP contribution in [0.1, 0.15) is 77.1 Å².